The Morgan fingerprint density at radius 1 is 1.07 bits per heavy atom. The smallest absolute Gasteiger partial charge is 0.387 e. The van der Waals surface area contributed by atoms with E-state index in [1.807, 2.05) is 0 Å². The first-order valence-corrected chi connectivity index (χ1v) is 15.5. The van der Waals surface area contributed by atoms with Crippen LogP contribution in [-0.2, 0) is 13.6 Å². The Balaban J connectivity index is 1.30. The van der Waals surface area contributed by atoms with Gasteiger partial charge in [0, 0.05) is 31.9 Å². The van der Waals surface area contributed by atoms with Crippen LogP contribution in [0.2, 0.25) is 0 Å². The van der Waals surface area contributed by atoms with Gasteiger partial charge in [-0.25, -0.2) is 4.39 Å². The van der Waals surface area contributed by atoms with Crippen LogP contribution in [0.1, 0.15) is 65.3 Å². The topological polar surface area (TPSA) is 115 Å². The number of carbonyl (C=O) groups excluding carboxylic acids is 2. The molecule has 1 aromatic carbocycles. The molecule has 6 rings (SSSR count). The molecule has 244 valence electrons. The molecule has 0 unspecified atom stereocenters. The number of hydrogen-bond acceptors (Lipinski definition) is 7. The van der Waals surface area contributed by atoms with Crippen molar-refractivity contribution in [1.82, 2.24) is 19.8 Å². The van der Waals surface area contributed by atoms with Gasteiger partial charge >= 0.3 is 6.61 Å². The van der Waals surface area contributed by atoms with Crippen LogP contribution in [0, 0.1) is 5.92 Å². The summed E-state index contributed by atoms with van der Waals surface area (Å²) in [5.41, 5.74) is 0.933. The summed E-state index contributed by atoms with van der Waals surface area (Å²) in [6.45, 7) is -0.716. The van der Waals surface area contributed by atoms with Gasteiger partial charge in [0.05, 0.1) is 18.7 Å². The number of benzene rings is 1. The molecule has 2 aliphatic carbocycles. The van der Waals surface area contributed by atoms with Crippen molar-refractivity contribution in [2.24, 2.45) is 13.0 Å². The summed E-state index contributed by atoms with van der Waals surface area (Å²) in [6, 6.07) is 8.88. The molecule has 1 atom stereocenters. The number of anilines is 1. The van der Waals surface area contributed by atoms with Crippen molar-refractivity contribution in [3.63, 3.8) is 0 Å². The fourth-order valence-electron chi connectivity index (χ4n) is 5.64. The third-order valence-electron chi connectivity index (χ3n) is 8.71. The lowest BCUT2D eigenvalue weighted by Gasteiger charge is -2.34. The van der Waals surface area contributed by atoms with Gasteiger partial charge in [0.2, 0.25) is 5.88 Å². The summed E-state index contributed by atoms with van der Waals surface area (Å²) in [5.74, 6) is -0.620. The number of amides is 2. The highest BCUT2D eigenvalue weighted by Crippen LogP contribution is 2.35. The zero-order valence-electron chi connectivity index (χ0n) is 25.6. The quantitative estimate of drug-likeness (QED) is 0.289. The summed E-state index contributed by atoms with van der Waals surface area (Å²) in [6.07, 6.45) is 5.73. The standard InChI is InChI=1S/C33H36F3N5O5/c1-18(20-4-3-5-20)37-14-19-10-27(31(43)40(2)15-19)30(42)39-28-11-21(12-29(38-28)45-23-6-7-23)25-9-8-24(46-33(35)36)13-26(25)32(44)41-16-22(34)17-41/h8-13,15,18,20,22-23,33,37H,3-7,14,16-17H2,1-2H3,(H,38,39,42)/t18-/m0/s1. The van der Waals surface area contributed by atoms with Crippen molar-refractivity contribution in [2.75, 3.05) is 18.4 Å². The SMILES string of the molecule is C[C@H](NCc1cc(C(=O)Nc2cc(-c3ccc(OC(F)F)cc3C(=O)N3CC(F)C3)cc(OC3CC3)n2)c(=O)n(C)c1)C1CCC1. The summed E-state index contributed by atoms with van der Waals surface area (Å²) < 4.78 is 51.4. The van der Waals surface area contributed by atoms with Crippen LogP contribution in [0.25, 0.3) is 11.1 Å². The van der Waals surface area contributed by atoms with Crippen LogP contribution in [0.15, 0.2) is 47.4 Å². The Bertz CT molecular complexity index is 1680. The number of nitrogens with one attached hydrogen (secondary N) is 2. The Hall–Kier alpha value is -4.39. The van der Waals surface area contributed by atoms with E-state index in [0.29, 0.717) is 29.6 Å². The first-order valence-electron chi connectivity index (χ1n) is 15.5. The average Bonchev–Trinajstić information content (AvgIpc) is 3.78. The van der Waals surface area contributed by atoms with Crippen LogP contribution in [-0.4, -0.2) is 64.3 Å². The van der Waals surface area contributed by atoms with E-state index < -0.39 is 30.2 Å². The fraction of sp³-hybridized carbons (Fsp3) is 0.455. The maximum absolute atomic E-state index is 13.6. The Morgan fingerprint density at radius 3 is 2.48 bits per heavy atom. The molecule has 2 amide bonds. The van der Waals surface area contributed by atoms with Gasteiger partial charge in [-0.3, -0.25) is 14.4 Å². The highest BCUT2D eigenvalue weighted by atomic mass is 19.3. The molecule has 10 nitrogen and oxygen atoms in total. The normalized spacial score (nSPS) is 17.3. The number of aromatic nitrogens is 2. The molecule has 1 aliphatic heterocycles. The zero-order valence-corrected chi connectivity index (χ0v) is 25.6. The minimum absolute atomic E-state index is 0.0103. The number of halogens is 3. The second-order valence-corrected chi connectivity index (χ2v) is 12.3. The van der Waals surface area contributed by atoms with Crippen LogP contribution < -0.4 is 25.7 Å². The van der Waals surface area contributed by atoms with Crippen LogP contribution in [0.3, 0.4) is 0 Å². The second-order valence-electron chi connectivity index (χ2n) is 12.3. The molecule has 0 bridgehead atoms. The van der Waals surface area contributed by atoms with Crippen molar-refractivity contribution < 1.29 is 32.2 Å². The van der Waals surface area contributed by atoms with E-state index in [4.69, 9.17) is 4.74 Å². The number of alkyl halides is 3. The number of nitrogens with zero attached hydrogens (tertiary/aromatic N) is 3. The maximum Gasteiger partial charge on any atom is 0.387 e. The molecule has 3 aliphatic rings. The number of carbonyl (C=O) groups is 2. The predicted molar refractivity (Wildman–Crippen MR) is 164 cm³/mol. The van der Waals surface area contributed by atoms with E-state index in [-0.39, 0.29) is 47.8 Å². The largest absolute Gasteiger partial charge is 0.474 e. The van der Waals surface area contributed by atoms with Gasteiger partial charge in [-0.1, -0.05) is 6.42 Å². The molecule has 0 spiro atoms. The molecule has 2 N–H and O–H groups in total. The molecule has 3 heterocycles. The van der Waals surface area contributed by atoms with Gasteiger partial charge in [0.1, 0.15) is 29.4 Å². The fourth-order valence-corrected chi connectivity index (χ4v) is 5.64. The number of hydrogen-bond donors (Lipinski definition) is 2. The molecule has 2 aromatic heterocycles. The number of aryl methyl sites for hydroxylation is 1. The average molecular weight is 640 g/mol. The van der Waals surface area contributed by atoms with Crippen molar-refractivity contribution >= 4 is 17.6 Å². The number of pyridine rings is 2. The van der Waals surface area contributed by atoms with Gasteiger partial charge < -0.3 is 29.6 Å². The predicted octanol–water partition coefficient (Wildman–Crippen LogP) is 4.91. The maximum atomic E-state index is 13.6. The van der Waals surface area contributed by atoms with Crippen LogP contribution in [0.5, 0.6) is 11.6 Å². The lowest BCUT2D eigenvalue weighted by Crippen LogP contribution is -2.51. The minimum atomic E-state index is -3.11. The monoisotopic (exact) mass is 639 g/mol. The molecule has 0 radical (unpaired) electrons. The van der Waals surface area contributed by atoms with Crippen LogP contribution in [0.4, 0.5) is 19.0 Å². The van der Waals surface area contributed by atoms with Crippen molar-refractivity contribution in [3.05, 3.63) is 69.6 Å². The number of ether oxygens (including phenoxy) is 2. The van der Waals surface area contributed by atoms with E-state index in [1.54, 1.807) is 25.4 Å². The molecule has 3 fully saturated rings. The van der Waals surface area contributed by atoms with Crippen LogP contribution >= 0.6 is 0 Å². The lowest BCUT2D eigenvalue weighted by molar-refractivity contribution is -0.0499. The van der Waals surface area contributed by atoms with Crippen molar-refractivity contribution in [2.45, 2.75) is 70.5 Å². The zero-order chi connectivity index (χ0) is 32.5. The first kappa shape index (κ1) is 31.6. The van der Waals surface area contributed by atoms with E-state index >= 15 is 0 Å². The van der Waals surface area contributed by atoms with E-state index in [9.17, 15) is 27.6 Å². The molecular weight excluding hydrogens is 603 g/mol. The highest BCUT2D eigenvalue weighted by molar-refractivity contribution is 6.05. The lowest BCUT2D eigenvalue weighted by atomic mass is 9.80. The third kappa shape index (κ3) is 7.19. The van der Waals surface area contributed by atoms with Gasteiger partial charge in [-0.05, 0) is 85.5 Å². The molecule has 13 heteroatoms. The van der Waals surface area contributed by atoms with Gasteiger partial charge in [-0.2, -0.15) is 13.8 Å². The minimum Gasteiger partial charge on any atom is -0.474 e. The Morgan fingerprint density at radius 2 is 1.83 bits per heavy atom. The summed E-state index contributed by atoms with van der Waals surface area (Å²) >= 11 is 0. The summed E-state index contributed by atoms with van der Waals surface area (Å²) in [5, 5.41) is 6.19. The highest BCUT2D eigenvalue weighted by Gasteiger charge is 2.33. The van der Waals surface area contributed by atoms with Gasteiger partial charge in [-0.15, -0.1) is 0 Å². The summed E-state index contributed by atoms with van der Waals surface area (Å²) in [7, 11) is 1.58. The molecule has 3 aromatic rings. The van der Waals surface area contributed by atoms with E-state index in [1.165, 1.54) is 53.0 Å². The van der Waals surface area contributed by atoms with E-state index in [0.717, 1.165) is 18.4 Å². The summed E-state index contributed by atoms with van der Waals surface area (Å²) in [4.78, 5) is 45.6. The number of rotatable bonds is 12. The van der Waals surface area contributed by atoms with Crippen molar-refractivity contribution in [3.8, 4) is 22.8 Å². The second kappa shape index (κ2) is 13.1. The Kier molecular flexibility index (Phi) is 9.03. The van der Waals surface area contributed by atoms with Crippen molar-refractivity contribution in [1.29, 1.82) is 0 Å². The number of likely N-dealkylation sites (tertiary alicyclic amines) is 1. The van der Waals surface area contributed by atoms with Gasteiger partial charge in [0.15, 0.2) is 0 Å². The molecular formula is C33H36F3N5O5. The molecule has 46 heavy (non-hydrogen) atoms. The molecule has 2 saturated carbocycles. The Labute approximate surface area is 263 Å². The van der Waals surface area contributed by atoms with E-state index in [2.05, 4.69) is 27.3 Å². The first-order chi connectivity index (χ1) is 22.0. The molecule has 1 saturated heterocycles. The van der Waals surface area contributed by atoms with Gasteiger partial charge in [0.25, 0.3) is 17.4 Å². The third-order valence-corrected chi connectivity index (χ3v) is 8.71.